The van der Waals surface area contributed by atoms with Gasteiger partial charge in [0.2, 0.25) is 17.7 Å². The van der Waals surface area contributed by atoms with Crippen molar-refractivity contribution in [2.75, 3.05) is 13.1 Å². The van der Waals surface area contributed by atoms with E-state index in [9.17, 15) is 53.4 Å². The van der Waals surface area contributed by atoms with Gasteiger partial charge in [-0.05, 0) is 36.3 Å². The summed E-state index contributed by atoms with van der Waals surface area (Å²) in [6.45, 7) is 11.6. The van der Waals surface area contributed by atoms with Gasteiger partial charge in [0, 0.05) is 32.4 Å². The van der Waals surface area contributed by atoms with Gasteiger partial charge in [-0.2, -0.15) is 0 Å². The van der Waals surface area contributed by atoms with E-state index in [1.165, 1.54) is 9.91 Å². The maximum atomic E-state index is 14.7. The van der Waals surface area contributed by atoms with Crippen LogP contribution in [0.5, 0.6) is 0 Å². The number of carbonyl (C=O) groups excluding carboxylic acids is 7. The molecule has 0 saturated carbocycles. The number of hydrazine groups is 1. The maximum absolute atomic E-state index is 14.7. The second-order valence-corrected chi connectivity index (χ2v) is 16.6. The molecule has 7 amide bonds. The minimum Gasteiger partial charge on any atom is -0.481 e. The van der Waals surface area contributed by atoms with Gasteiger partial charge >= 0.3 is 23.9 Å². The van der Waals surface area contributed by atoms with Crippen LogP contribution < -0.4 is 26.7 Å². The van der Waals surface area contributed by atoms with Crippen LogP contribution in [0.25, 0.3) is 0 Å². The highest BCUT2D eigenvalue weighted by Gasteiger charge is 2.45. The minimum absolute atomic E-state index is 0.0470. The number of nitrogens with zero attached hydrogens (tertiary/aromatic N) is 2. The number of carboxylic acids is 2. The number of aliphatic carboxylic acids is 2. The monoisotopic (exact) mass is 923 g/mol. The molecule has 20 nitrogen and oxygen atoms in total. The quantitative estimate of drug-likeness (QED) is 0.0590. The van der Waals surface area contributed by atoms with Gasteiger partial charge in [-0.1, -0.05) is 102 Å². The summed E-state index contributed by atoms with van der Waals surface area (Å²) in [6.07, 6.45) is -2.81. The summed E-state index contributed by atoms with van der Waals surface area (Å²) in [5.74, 6) is -9.90. The zero-order valence-electron chi connectivity index (χ0n) is 38.6. The number of esters is 1. The fourth-order valence-electron chi connectivity index (χ4n) is 7.22. The molecule has 0 aliphatic carbocycles. The first-order valence-electron chi connectivity index (χ1n) is 22.2. The van der Waals surface area contributed by atoms with Gasteiger partial charge in [0.25, 0.3) is 11.8 Å². The average molecular weight is 924 g/mol. The molecular formula is C46H65N7O13. The van der Waals surface area contributed by atoms with E-state index in [0.29, 0.717) is 12.8 Å². The average Bonchev–Trinajstić information content (AvgIpc) is 3.71. The molecular weight excluding hydrogens is 859 g/mol. The third kappa shape index (κ3) is 16.5. The standard InChI is InChI=1S/C46H65N7O13/c1-8-21-53(46(64)49-33(10-3)31-19-15-12-16-20-31)51-42(60)36-22-32(65-26-30-17-13-11-14-18-30)25-52(36)44(62)39(27(4)5)50-43(61)40(28(6)9-2)66-45(63)35(24-38(57)58)48-41(59)34(23-37(55)56)47-29(7)54/h11-20,27-28,32-36,39-40H,8-10,21-26H2,1-7H3,(H,47,54)(H,48,59)(H,49,64)(H,50,61)(H,51,60)(H,55,56)(H,57,58)/t28-,32-,33+,34+,35-,36-,39+,40+/m1/s1. The van der Waals surface area contributed by atoms with Gasteiger partial charge in [0.05, 0.1) is 31.6 Å². The Bertz CT molecular complexity index is 1970. The van der Waals surface area contributed by atoms with Crippen molar-refractivity contribution in [2.24, 2.45) is 11.8 Å². The Kier molecular flexibility index (Phi) is 21.5. The summed E-state index contributed by atoms with van der Waals surface area (Å²) in [4.78, 5) is 120. The fourth-order valence-corrected chi connectivity index (χ4v) is 7.22. The summed E-state index contributed by atoms with van der Waals surface area (Å²) in [5.41, 5.74) is 4.46. The van der Waals surface area contributed by atoms with Crippen molar-refractivity contribution in [1.82, 2.24) is 36.6 Å². The highest BCUT2D eigenvalue weighted by Crippen LogP contribution is 2.25. The molecule has 66 heavy (non-hydrogen) atoms. The number of hydrogen-bond acceptors (Lipinski definition) is 11. The number of carboxylic acid groups (broad SMARTS) is 2. The van der Waals surface area contributed by atoms with E-state index in [1.807, 2.05) is 74.5 Å². The lowest BCUT2D eigenvalue weighted by atomic mass is 9.98. The van der Waals surface area contributed by atoms with Crippen LogP contribution in [0.2, 0.25) is 0 Å². The predicted octanol–water partition coefficient (Wildman–Crippen LogP) is 2.81. The van der Waals surface area contributed by atoms with Crippen molar-refractivity contribution in [3.05, 3.63) is 71.8 Å². The van der Waals surface area contributed by atoms with Crippen LogP contribution in [-0.4, -0.2) is 123 Å². The second-order valence-electron chi connectivity index (χ2n) is 16.6. The van der Waals surface area contributed by atoms with E-state index in [2.05, 4.69) is 26.7 Å². The number of amides is 7. The normalized spacial score (nSPS) is 17.2. The van der Waals surface area contributed by atoms with Gasteiger partial charge in [-0.3, -0.25) is 39.0 Å². The molecule has 0 radical (unpaired) electrons. The molecule has 1 fully saturated rings. The largest absolute Gasteiger partial charge is 0.481 e. The van der Waals surface area contributed by atoms with Crippen LogP contribution in [0.1, 0.15) is 104 Å². The van der Waals surface area contributed by atoms with E-state index < -0.39 is 115 Å². The number of benzene rings is 2. The highest BCUT2D eigenvalue weighted by atomic mass is 16.6. The molecule has 0 unspecified atom stereocenters. The summed E-state index contributed by atoms with van der Waals surface area (Å²) in [6, 6.07) is 11.7. The van der Waals surface area contributed by atoms with Crippen molar-refractivity contribution < 1.29 is 62.8 Å². The van der Waals surface area contributed by atoms with E-state index in [4.69, 9.17) is 9.47 Å². The number of ether oxygens (including phenoxy) is 2. The summed E-state index contributed by atoms with van der Waals surface area (Å²) < 4.78 is 11.8. The third-order valence-corrected chi connectivity index (χ3v) is 11.0. The Labute approximate surface area is 384 Å². The minimum atomic E-state index is -1.92. The topological polar surface area (TPSA) is 279 Å². The lowest BCUT2D eigenvalue weighted by Gasteiger charge is -2.33. The van der Waals surface area contributed by atoms with Crippen molar-refractivity contribution in [1.29, 1.82) is 0 Å². The van der Waals surface area contributed by atoms with Gasteiger partial charge in [0.1, 0.15) is 24.2 Å². The van der Waals surface area contributed by atoms with Crippen LogP contribution in [-0.2, 0) is 54.4 Å². The molecule has 20 heteroatoms. The Hall–Kier alpha value is -6.57. The van der Waals surface area contributed by atoms with E-state index in [1.54, 1.807) is 27.7 Å². The predicted molar refractivity (Wildman–Crippen MR) is 238 cm³/mol. The smallest absolute Gasteiger partial charge is 0.336 e. The van der Waals surface area contributed by atoms with Crippen LogP contribution in [0, 0.1) is 11.8 Å². The summed E-state index contributed by atoms with van der Waals surface area (Å²) in [5, 5.41) is 29.9. The maximum Gasteiger partial charge on any atom is 0.336 e. The van der Waals surface area contributed by atoms with Gasteiger partial charge in [0.15, 0.2) is 6.10 Å². The zero-order valence-corrected chi connectivity index (χ0v) is 38.6. The molecule has 7 N–H and O–H groups in total. The highest BCUT2D eigenvalue weighted by molar-refractivity contribution is 5.96. The van der Waals surface area contributed by atoms with Crippen molar-refractivity contribution in [3.8, 4) is 0 Å². The van der Waals surface area contributed by atoms with E-state index in [0.717, 1.165) is 18.1 Å². The van der Waals surface area contributed by atoms with Crippen molar-refractivity contribution >= 4 is 53.5 Å². The third-order valence-electron chi connectivity index (χ3n) is 11.0. The van der Waals surface area contributed by atoms with Crippen LogP contribution >= 0.6 is 0 Å². The van der Waals surface area contributed by atoms with Gasteiger partial charge in [-0.15, -0.1) is 0 Å². The van der Waals surface area contributed by atoms with Crippen molar-refractivity contribution in [2.45, 2.75) is 136 Å². The first-order chi connectivity index (χ1) is 31.3. The molecule has 362 valence electrons. The van der Waals surface area contributed by atoms with Crippen molar-refractivity contribution in [3.63, 3.8) is 0 Å². The molecule has 1 aliphatic rings. The first kappa shape index (κ1) is 53.8. The Morgan fingerprint density at radius 2 is 1.38 bits per heavy atom. The molecule has 1 saturated heterocycles. The Balaban J connectivity index is 1.90. The number of urea groups is 1. The first-order valence-corrected chi connectivity index (χ1v) is 22.2. The second kappa shape index (κ2) is 26.4. The Morgan fingerprint density at radius 1 is 0.773 bits per heavy atom. The zero-order chi connectivity index (χ0) is 49.1. The number of carbonyl (C=O) groups is 9. The van der Waals surface area contributed by atoms with E-state index >= 15 is 0 Å². The van der Waals surface area contributed by atoms with Gasteiger partial charge in [-0.25, -0.2) is 14.6 Å². The number of likely N-dealkylation sites (tertiary alicyclic amines) is 1. The summed E-state index contributed by atoms with van der Waals surface area (Å²) >= 11 is 0. The van der Waals surface area contributed by atoms with Crippen LogP contribution in [0.4, 0.5) is 4.79 Å². The van der Waals surface area contributed by atoms with Crippen LogP contribution in [0.15, 0.2) is 60.7 Å². The van der Waals surface area contributed by atoms with Gasteiger partial charge < -0.3 is 45.9 Å². The molecule has 3 rings (SSSR count). The Morgan fingerprint density at radius 3 is 1.92 bits per heavy atom. The molecule has 2 aromatic rings. The molecule has 1 heterocycles. The number of hydrogen-bond donors (Lipinski definition) is 7. The fraction of sp³-hybridized carbons (Fsp3) is 0.543. The SMILES string of the molecule is CCCN(NC(=O)[C@H]1C[C@@H](OCc2ccccc2)CN1C(=O)[C@@H](NC(=O)[C@@H](OC(=O)[C@@H](CC(=O)O)NC(=O)[C@H](CC(=O)O)NC(C)=O)[C@H](C)CC)C(C)C)C(=O)N[C@@H](CC)c1ccccc1. The molecule has 8 atom stereocenters. The molecule has 1 aliphatic heterocycles. The lowest BCUT2D eigenvalue weighted by molar-refractivity contribution is -0.164. The van der Waals surface area contributed by atoms with E-state index in [-0.39, 0.29) is 38.6 Å². The van der Waals surface area contributed by atoms with Crippen LogP contribution in [0.3, 0.4) is 0 Å². The molecule has 0 aromatic heterocycles. The summed E-state index contributed by atoms with van der Waals surface area (Å²) in [7, 11) is 0. The molecule has 0 spiro atoms. The molecule has 2 aromatic carbocycles. The number of rotatable bonds is 24. The lowest BCUT2D eigenvalue weighted by Crippen LogP contribution is -2.60. The number of nitrogens with one attached hydrogen (secondary N) is 5. The molecule has 0 bridgehead atoms.